The SMILES string of the molecule is Cn1cccc1CNCCCSc1nnnn1-c1ccccc1.[Cl-].[Cl-]. The van der Waals surface area contributed by atoms with Crippen LogP contribution in [0, 0.1) is 0 Å². The van der Waals surface area contributed by atoms with Crippen molar-refractivity contribution < 1.29 is 24.8 Å². The molecule has 2 aromatic heterocycles. The van der Waals surface area contributed by atoms with Crippen LogP contribution in [0.3, 0.4) is 0 Å². The summed E-state index contributed by atoms with van der Waals surface area (Å²) in [5.74, 6) is 0.980. The number of nitrogens with zero attached hydrogens (tertiary/aromatic N) is 5. The summed E-state index contributed by atoms with van der Waals surface area (Å²) >= 11 is 1.68. The lowest BCUT2D eigenvalue weighted by Gasteiger charge is -2.06. The second-order valence-electron chi connectivity index (χ2n) is 5.20. The molecular formula is C16H20Cl2N6S-2. The normalized spacial score (nSPS) is 10.1. The van der Waals surface area contributed by atoms with Gasteiger partial charge in [0.1, 0.15) is 0 Å². The monoisotopic (exact) mass is 398 g/mol. The third-order valence-electron chi connectivity index (χ3n) is 3.53. The maximum atomic E-state index is 4.10. The van der Waals surface area contributed by atoms with Crippen LogP contribution in [-0.4, -0.2) is 37.1 Å². The van der Waals surface area contributed by atoms with Gasteiger partial charge >= 0.3 is 0 Å². The molecule has 0 aliphatic carbocycles. The minimum Gasteiger partial charge on any atom is -1.00 e. The zero-order chi connectivity index (χ0) is 15.9. The van der Waals surface area contributed by atoms with Crippen molar-refractivity contribution in [2.45, 2.75) is 18.1 Å². The Morgan fingerprint density at radius 1 is 1.08 bits per heavy atom. The molecule has 0 unspecified atom stereocenters. The van der Waals surface area contributed by atoms with Crippen molar-refractivity contribution in [3.63, 3.8) is 0 Å². The Labute approximate surface area is 164 Å². The molecular weight excluding hydrogens is 379 g/mol. The number of nitrogens with one attached hydrogen (secondary N) is 1. The number of aromatic nitrogens is 5. The van der Waals surface area contributed by atoms with Gasteiger partial charge in [0.05, 0.1) is 5.69 Å². The van der Waals surface area contributed by atoms with E-state index in [4.69, 9.17) is 0 Å². The Morgan fingerprint density at radius 3 is 2.60 bits per heavy atom. The third-order valence-corrected chi connectivity index (χ3v) is 4.53. The maximum Gasteiger partial charge on any atom is 0.214 e. The van der Waals surface area contributed by atoms with Crippen molar-refractivity contribution in [2.24, 2.45) is 7.05 Å². The van der Waals surface area contributed by atoms with Crippen molar-refractivity contribution in [1.82, 2.24) is 30.1 Å². The van der Waals surface area contributed by atoms with E-state index in [0.29, 0.717) is 0 Å². The highest BCUT2D eigenvalue weighted by Gasteiger charge is 2.07. The molecule has 2 heterocycles. The van der Waals surface area contributed by atoms with E-state index in [1.807, 2.05) is 30.3 Å². The highest BCUT2D eigenvalue weighted by atomic mass is 35.5. The minimum absolute atomic E-state index is 0. The average molecular weight is 399 g/mol. The molecule has 0 aliphatic heterocycles. The molecule has 0 aliphatic rings. The zero-order valence-corrected chi connectivity index (χ0v) is 16.2. The van der Waals surface area contributed by atoms with Crippen LogP contribution in [0.4, 0.5) is 0 Å². The highest BCUT2D eigenvalue weighted by Crippen LogP contribution is 2.18. The Bertz CT molecular complexity index is 731. The third kappa shape index (κ3) is 6.04. The van der Waals surface area contributed by atoms with Gasteiger partial charge in [-0.2, -0.15) is 4.68 Å². The van der Waals surface area contributed by atoms with Gasteiger partial charge in [-0.15, -0.1) is 5.10 Å². The second-order valence-corrected chi connectivity index (χ2v) is 6.26. The number of tetrazole rings is 1. The first kappa shape index (κ1) is 21.5. The fourth-order valence-electron chi connectivity index (χ4n) is 2.26. The molecule has 0 spiro atoms. The lowest BCUT2D eigenvalue weighted by atomic mass is 10.3. The number of benzene rings is 1. The largest absolute Gasteiger partial charge is 1.00 e. The van der Waals surface area contributed by atoms with Crippen LogP contribution in [-0.2, 0) is 13.6 Å². The summed E-state index contributed by atoms with van der Waals surface area (Å²) in [7, 11) is 2.07. The summed E-state index contributed by atoms with van der Waals surface area (Å²) < 4.78 is 3.91. The number of thioether (sulfide) groups is 1. The molecule has 0 fully saturated rings. The smallest absolute Gasteiger partial charge is 0.214 e. The van der Waals surface area contributed by atoms with Crippen molar-refractivity contribution in [3.8, 4) is 5.69 Å². The molecule has 0 amide bonds. The quantitative estimate of drug-likeness (QED) is 0.312. The van der Waals surface area contributed by atoms with Crippen LogP contribution < -0.4 is 30.1 Å². The predicted octanol–water partition coefficient (Wildman–Crippen LogP) is -3.72. The van der Waals surface area contributed by atoms with Crippen LogP contribution in [0.5, 0.6) is 0 Å². The van der Waals surface area contributed by atoms with Gasteiger partial charge in [0, 0.05) is 31.2 Å². The van der Waals surface area contributed by atoms with Crippen molar-refractivity contribution in [1.29, 1.82) is 0 Å². The summed E-state index contributed by atoms with van der Waals surface area (Å²) in [4.78, 5) is 0. The molecule has 1 aromatic carbocycles. The molecule has 1 N–H and O–H groups in total. The number of hydrogen-bond acceptors (Lipinski definition) is 5. The van der Waals surface area contributed by atoms with Gasteiger partial charge in [-0.05, 0) is 47.7 Å². The van der Waals surface area contributed by atoms with Crippen LogP contribution >= 0.6 is 11.8 Å². The highest BCUT2D eigenvalue weighted by molar-refractivity contribution is 7.99. The molecule has 6 nitrogen and oxygen atoms in total. The lowest BCUT2D eigenvalue weighted by molar-refractivity contribution is -0.001000. The summed E-state index contributed by atoms with van der Waals surface area (Å²) in [6.45, 7) is 1.88. The molecule has 0 saturated carbocycles. The standard InChI is InChI=1S/C16H20N6S.2ClH/c1-21-11-5-9-15(21)13-17-10-6-12-23-16-18-19-20-22(16)14-7-3-2-4-8-14;;/h2-5,7-9,11,17H,6,10,12-13H2,1H3;2*1H/p-2. The minimum atomic E-state index is 0. The molecule has 0 radical (unpaired) electrons. The topological polar surface area (TPSA) is 60.6 Å². The molecule has 25 heavy (non-hydrogen) atoms. The average Bonchev–Trinajstić information content (AvgIpc) is 3.21. The van der Waals surface area contributed by atoms with Crippen molar-refractivity contribution in [2.75, 3.05) is 12.3 Å². The molecule has 9 heteroatoms. The Hall–Kier alpha value is -1.54. The van der Waals surface area contributed by atoms with Gasteiger partial charge in [0.15, 0.2) is 0 Å². The van der Waals surface area contributed by atoms with Gasteiger partial charge in [-0.3, -0.25) is 0 Å². The Balaban J connectivity index is 0.00000156. The first-order valence-corrected chi connectivity index (χ1v) is 8.60. The van der Waals surface area contributed by atoms with Crippen LogP contribution in [0.15, 0.2) is 53.8 Å². The maximum absolute atomic E-state index is 4.10. The van der Waals surface area contributed by atoms with E-state index in [1.54, 1.807) is 16.4 Å². The van der Waals surface area contributed by atoms with E-state index >= 15 is 0 Å². The van der Waals surface area contributed by atoms with Gasteiger partial charge in [-0.25, -0.2) is 0 Å². The molecule has 0 bridgehead atoms. The van der Waals surface area contributed by atoms with E-state index in [1.165, 1.54) is 5.69 Å². The fourth-order valence-corrected chi connectivity index (χ4v) is 3.09. The second kappa shape index (κ2) is 11.1. The first-order chi connectivity index (χ1) is 11.3. The number of aryl methyl sites for hydroxylation is 1. The van der Waals surface area contributed by atoms with Gasteiger partial charge < -0.3 is 34.7 Å². The lowest BCUT2D eigenvalue weighted by Crippen LogP contribution is -3.00. The van der Waals surface area contributed by atoms with E-state index in [9.17, 15) is 0 Å². The number of halogens is 2. The van der Waals surface area contributed by atoms with E-state index < -0.39 is 0 Å². The number of rotatable bonds is 8. The van der Waals surface area contributed by atoms with Gasteiger partial charge in [0.2, 0.25) is 5.16 Å². The number of para-hydroxylation sites is 1. The number of hydrogen-bond donors (Lipinski definition) is 1. The Morgan fingerprint density at radius 2 is 1.88 bits per heavy atom. The Kier molecular flexibility index (Phi) is 9.59. The predicted molar refractivity (Wildman–Crippen MR) is 91.6 cm³/mol. The van der Waals surface area contributed by atoms with E-state index in [0.717, 1.165) is 36.1 Å². The molecule has 3 aromatic rings. The van der Waals surface area contributed by atoms with Crippen LogP contribution in [0.2, 0.25) is 0 Å². The molecule has 3 rings (SSSR count). The summed E-state index contributed by atoms with van der Waals surface area (Å²) in [6, 6.07) is 14.2. The zero-order valence-electron chi connectivity index (χ0n) is 13.8. The fraction of sp³-hybridized carbons (Fsp3) is 0.312. The summed E-state index contributed by atoms with van der Waals surface area (Å²) in [5.41, 5.74) is 2.28. The van der Waals surface area contributed by atoms with Crippen molar-refractivity contribution >= 4 is 11.8 Å². The first-order valence-electron chi connectivity index (χ1n) is 7.62. The van der Waals surface area contributed by atoms with E-state index in [-0.39, 0.29) is 24.8 Å². The molecule has 136 valence electrons. The molecule has 0 saturated heterocycles. The summed E-state index contributed by atoms with van der Waals surface area (Å²) in [6.07, 6.45) is 3.13. The van der Waals surface area contributed by atoms with Gasteiger partial charge in [0.25, 0.3) is 0 Å². The van der Waals surface area contributed by atoms with Gasteiger partial charge in [-0.1, -0.05) is 30.0 Å². The van der Waals surface area contributed by atoms with Crippen molar-refractivity contribution in [3.05, 3.63) is 54.4 Å². The van der Waals surface area contributed by atoms with E-state index in [2.05, 4.69) is 50.8 Å². The van der Waals surface area contributed by atoms with Crippen LogP contribution in [0.1, 0.15) is 12.1 Å². The molecule has 0 atom stereocenters. The summed E-state index contributed by atoms with van der Waals surface area (Å²) in [5, 5.41) is 16.2. The van der Waals surface area contributed by atoms with Crippen LogP contribution in [0.25, 0.3) is 5.69 Å².